The van der Waals surface area contributed by atoms with Crippen molar-refractivity contribution in [1.82, 2.24) is 0 Å². The van der Waals surface area contributed by atoms with Crippen LogP contribution in [0.2, 0.25) is 0 Å². The van der Waals surface area contributed by atoms with Gasteiger partial charge in [-0.2, -0.15) is 0 Å². The second-order valence-corrected chi connectivity index (χ2v) is 4.59. The Morgan fingerprint density at radius 3 is 2.07 bits per heavy atom. The number of benzene rings is 1. The van der Waals surface area contributed by atoms with Crippen molar-refractivity contribution in [3.63, 3.8) is 0 Å². The molecule has 0 amide bonds. The quantitative estimate of drug-likeness (QED) is 0.729. The molecule has 1 aromatic carbocycles. The van der Waals surface area contributed by atoms with Crippen molar-refractivity contribution < 1.29 is 5.11 Å². The highest BCUT2D eigenvalue weighted by Crippen LogP contribution is 2.31. The van der Waals surface area contributed by atoms with Crippen LogP contribution in [-0.2, 0) is 6.61 Å². The van der Waals surface area contributed by atoms with Gasteiger partial charge in [0.2, 0.25) is 0 Å². The first-order valence-electron chi connectivity index (χ1n) is 6.10. The van der Waals surface area contributed by atoms with Gasteiger partial charge in [0.25, 0.3) is 0 Å². The third-order valence-corrected chi connectivity index (χ3v) is 3.49. The highest BCUT2D eigenvalue weighted by atomic mass is 16.3. The van der Waals surface area contributed by atoms with Crippen molar-refractivity contribution in [1.29, 1.82) is 0 Å². The van der Waals surface area contributed by atoms with Gasteiger partial charge in [0.05, 0.1) is 6.61 Å². The molecule has 2 rings (SSSR count). The van der Waals surface area contributed by atoms with Crippen LogP contribution < -0.4 is 0 Å². The SMILES string of the molecule is OCc1ccc(C2CCCCCC2)cc1. The van der Waals surface area contributed by atoms with Crippen LogP contribution in [0.15, 0.2) is 24.3 Å². The summed E-state index contributed by atoms with van der Waals surface area (Å²) in [6.45, 7) is 0.158. The predicted molar refractivity (Wildman–Crippen MR) is 62.8 cm³/mol. The van der Waals surface area contributed by atoms with Crippen LogP contribution in [0, 0.1) is 0 Å². The van der Waals surface area contributed by atoms with Crippen LogP contribution in [-0.4, -0.2) is 5.11 Å². The molecule has 1 aliphatic carbocycles. The summed E-state index contributed by atoms with van der Waals surface area (Å²) in [4.78, 5) is 0. The normalized spacial score (nSPS) is 18.7. The van der Waals surface area contributed by atoms with Gasteiger partial charge in [-0.15, -0.1) is 0 Å². The lowest BCUT2D eigenvalue weighted by molar-refractivity contribution is 0.282. The van der Waals surface area contributed by atoms with Crippen molar-refractivity contribution in [2.24, 2.45) is 0 Å². The summed E-state index contributed by atoms with van der Waals surface area (Å²) in [6, 6.07) is 8.50. The molecule has 1 fully saturated rings. The number of aliphatic hydroxyl groups is 1. The molecule has 0 bridgehead atoms. The van der Waals surface area contributed by atoms with Crippen LogP contribution in [0.5, 0.6) is 0 Å². The summed E-state index contributed by atoms with van der Waals surface area (Å²) in [5, 5.41) is 8.98. The van der Waals surface area contributed by atoms with E-state index in [1.807, 2.05) is 0 Å². The minimum Gasteiger partial charge on any atom is -0.392 e. The van der Waals surface area contributed by atoms with Gasteiger partial charge in [-0.3, -0.25) is 0 Å². The van der Waals surface area contributed by atoms with Gasteiger partial charge in [-0.25, -0.2) is 0 Å². The number of hydrogen-bond acceptors (Lipinski definition) is 1. The third-order valence-electron chi connectivity index (χ3n) is 3.49. The first kappa shape index (κ1) is 10.7. The van der Waals surface area contributed by atoms with E-state index in [1.54, 1.807) is 0 Å². The fourth-order valence-electron chi connectivity index (χ4n) is 2.51. The van der Waals surface area contributed by atoms with E-state index in [0.29, 0.717) is 0 Å². The smallest absolute Gasteiger partial charge is 0.0681 e. The van der Waals surface area contributed by atoms with E-state index in [0.717, 1.165) is 11.5 Å². The van der Waals surface area contributed by atoms with Crippen molar-refractivity contribution in [3.8, 4) is 0 Å². The zero-order valence-electron chi connectivity index (χ0n) is 9.28. The standard InChI is InChI=1S/C14H20O/c15-11-12-7-9-14(10-8-12)13-5-3-1-2-4-6-13/h7-10,13,15H,1-6,11H2. The van der Waals surface area contributed by atoms with E-state index < -0.39 is 0 Å². The highest BCUT2D eigenvalue weighted by molar-refractivity contribution is 5.25. The summed E-state index contributed by atoms with van der Waals surface area (Å²) < 4.78 is 0. The topological polar surface area (TPSA) is 20.2 Å². The van der Waals surface area contributed by atoms with Gasteiger partial charge in [-0.05, 0) is 29.9 Å². The molecule has 0 radical (unpaired) electrons. The van der Waals surface area contributed by atoms with E-state index in [2.05, 4.69) is 24.3 Å². The third kappa shape index (κ3) is 2.82. The van der Waals surface area contributed by atoms with E-state index in [9.17, 15) is 0 Å². The molecule has 0 spiro atoms. The molecule has 0 saturated heterocycles. The van der Waals surface area contributed by atoms with Crippen molar-refractivity contribution in [3.05, 3.63) is 35.4 Å². The Morgan fingerprint density at radius 2 is 1.53 bits per heavy atom. The molecule has 1 aromatic rings. The summed E-state index contributed by atoms with van der Waals surface area (Å²) in [5.41, 5.74) is 2.49. The number of aliphatic hydroxyl groups excluding tert-OH is 1. The zero-order chi connectivity index (χ0) is 10.5. The van der Waals surface area contributed by atoms with Crippen LogP contribution in [0.4, 0.5) is 0 Å². The van der Waals surface area contributed by atoms with Gasteiger partial charge >= 0.3 is 0 Å². The molecule has 1 nitrogen and oxygen atoms in total. The number of hydrogen-bond donors (Lipinski definition) is 1. The molecular weight excluding hydrogens is 184 g/mol. The van der Waals surface area contributed by atoms with Crippen molar-refractivity contribution in [2.45, 2.75) is 51.0 Å². The lowest BCUT2D eigenvalue weighted by atomic mass is 9.91. The van der Waals surface area contributed by atoms with Crippen LogP contribution in [0.1, 0.15) is 55.6 Å². The maximum atomic E-state index is 8.98. The zero-order valence-corrected chi connectivity index (χ0v) is 9.28. The van der Waals surface area contributed by atoms with Crippen molar-refractivity contribution >= 4 is 0 Å². The second-order valence-electron chi connectivity index (χ2n) is 4.59. The van der Waals surface area contributed by atoms with Gasteiger partial charge < -0.3 is 5.11 Å². The Morgan fingerprint density at radius 1 is 0.933 bits per heavy atom. The Balaban J connectivity index is 2.06. The van der Waals surface area contributed by atoms with Gasteiger partial charge in [-0.1, -0.05) is 49.9 Å². The van der Waals surface area contributed by atoms with E-state index in [1.165, 1.54) is 44.1 Å². The Hall–Kier alpha value is -0.820. The Kier molecular flexibility index (Phi) is 3.79. The highest BCUT2D eigenvalue weighted by Gasteiger charge is 2.13. The maximum absolute atomic E-state index is 8.98. The second kappa shape index (κ2) is 5.32. The molecule has 1 N–H and O–H groups in total. The Labute approximate surface area is 92.1 Å². The van der Waals surface area contributed by atoms with Gasteiger partial charge in [0.1, 0.15) is 0 Å². The average Bonchev–Trinajstić information content (AvgIpc) is 2.58. The number of rotatable bonds is 2. The molecule has 0 aliphatic heterocycles. The molecule has 0 unspecified atom stereocenters. The molecule has 82 valence electrons. The molecular formula is C14H20O. The van der Waals surface area contributed by atoms with Crippen LogP contribution in [0.25, 0.3) is 0 Å². The molecule has 1 heteroatoms. The maximum Gasteiger partial charge on any atom is 0.0681 e. The molecule has 1 saturated carbocycles. The van der Waals surface area contributed by atoms with E-state index in [4.69, 9.17) is 5.11 Å². The molecule has 0 atom stereocenters. The molecule has 15 heavy (non-hydrogen) atoms. The lowest BCUT2D eigenvalue weighted by Crippen LogP contribution is -1.97. The van der Waals surface area contributed by atoms with Crippen molar-refractivity contribution in [2.75, 3.05) is 0 Å². The first-order valence-corrected chi connectivity index (χ1v) is 6.10. The van der Waals surface area contributed by atoms with Crippen LogP contribution >= 0.6 is 0 Å². The predicted octanol–water partition coefficient (Wildman–Crippen LogP) is 3.62. The monoisotopic (exact) mass is 204 g/mol. The summed E-state index contributed by atoms with van der Waals surface area (Å²) in [6.07, 6.45) is 8.27. The van der Waals surface area contributed by atoms with E-state index >= 15 is 0 Å². The van der Waals surface area contributed by atoms with Gasteiger partial charge in [0, 0.05) is 0 Å². The fourth-order valence-corrected chi connectivity index (χ4v) is 2.51. The first-order chi connectivity index (χ1) is 7.40. The largest absolute Gasteiger partial charge is 0.392 e. The minimum absolute atomic E-state index is 0.158. The molecule has 0 aromatic heterocycles. The summed E-state index contributed by atoms with van der Waals surface area (Å²) in [5.74, 6) is 0.764. The Bertz CT molecular complexity index is 281. The van der Waals surface area contributed by atoms with E-state index in [-0.39, 0.29) is 6.61 Å². The average molecular weight is 204 g/mol. The van der Waals surface area contributed by atoms with Crippen LogP contribution in [0.3, 0.4) is 0 Å². The minimum atomic E-state index is 0.158. The molecule has 1 aliphatic rings. The summed E-state index contributed by atoms with van der Waals surface area (Å²) >= 11 is 0. The van der Waals surface area contributed by atoms with Gasteiger partial charge in [0.15, 0.2) is 0 Å². The lowest BCUT2D eigenvalue weighted by Gasteiger charge is -2.14. The molecule has 0 heterocycles. The fraction of sp³-hybridized carbons (Fsp3) is 0.571. The summed E-state index contributed by atoms with van der Waals surface area (Å²) in [7, 11) is 0.